The number of methoxy groups -OCH3 is 1. The van der Waals surface area contributed by atoms with E-state index in [1.807, 2.05) is 6.92 Å². The zero-order chi connectivity index (χ0) is 12.1. The first kappa shape index (κ1) is 13.2. The van der Waals surface area contributed by atoms with Gasteiger partial charge < -0.3 is 4.74 Å². The summed E-state index contributed by atoms with van der Waals surface area (Å²) in [5.41, 5.74) is 5.28. The Morgan fingerprint density at radius 3 is 1.94 bits per heavy atom. The van der Waals surface area contributed by atoms with E-state index in [0.717, 1.165) is 5.56 Å². The molecule has 0 bridgehead atoms. The monoisotopic (exact) mass is 222 g/mol. The van der Waals surface area contributed by atoms with Crippen molar-refractivity contribution in [3.05, 3.63) is 35.4 Å². The largest absolute Gasteiger partial charge is 0.380 e. The van der Waals surface area contributed by atoms with E-state index in [4.69, 9.17) is 10.6 Å². The topological polar surface area (TPSA) is 47.3 Å². The van der Waals surface area contributed by atoms with Gasteiger partial charge in [0.05, 0.1) is 12.1 Å². The lowest BCUT2D eigenvalue weighted by Gasteiger charge is -2.22. The zero-order valence-electron chi connectivity index (χ0n) is 10.5. The molecule has 1 aromatic rings. The van der Waals surface area contributed by atoms with Gasteiger partial charge in [-0.25, -0.2) is 0 Å². The van der Waals surface area contributed by atoms with Crippen molar-refractivity contribution in [3.63, 3.8) is 0 Å². The molecule has 0 heterocycles. The fraction of sp³-hybridized carbons (Fsp3) is 0.538. The molecular formula is C13H22N2O. The maximum absolute atomic E-state index is 5.55. The third-order valence-electron chi connectivity index (χ3n) is 2.98. The lowest BCUT2D eigenvalue weighted by atomic mass is 9.97. The molecule has 3 nitrogen and oxygen atoms in total. The molecule has 2 unspecified atom stereocenters. The summed E-state index contributed by atoms with van der Waals surface area (Å²) in [6, 6.07) is 8.54. The molecular weight excluding hydrogens is 200 g/mol. The number of nitrogens with two attached hydrogens (primary N) is 1. The van der Waals surface area contributed by atoms with Gasteiger partial charge in [0.1, 0.15) is 0 Å². The van der Waals surface area contributed by atoms with Crippen LogP contribution in [0.2, 0.25) is 0 Å². The molecule has 0 aromatic heterocycles. The molecule has 3 N–H and O–H groups in total. The van der Waals surface area contributed by atoms with Crippen molar-refractivity contribution in [1.29, 1.82) is 0 Å². The molecule has 0 fully saturated rings. The Morgan fingerprint density at radius 1 is 1.06 bits per heavy atom. The van der Waals surface area contributed by atoms with E-state index in [1.165, 1.54) is 5.56 Å². The first-order chi connectivity index (χ1) is 7.60. The quantitative estimate of drug-likeness (QED) is 0.594. The predicted molar refractivity (Wildman–Crippen MR) is 67.1 cm³/mol. The zero-order valence-corrected chi connectivity index (χ0v) is 10.5. The summed E-state index contributed by atoms with van der Waals surface area (Å²) in [5, 5.41) is 0. The lowest BCUT2D eigenvalue weighted by Crippen LogP contribution is -2.36. The fourth-order valence-electron chi connectivity index (χ4n) is 1.73. The Kier molecular flexibility index (Phi) is 4.93. The average molecular weight is 222 g/mol. The summed E-state index contributed by atoms with van der Waals surface area (Å²) in [4.78, 5) is 0. The first-order valence-electron chi connectivity index (χ1n) is 5.69. The minimum absolute atomic E-state index is 0.0335. The van der Waals surface area contributed by atoms with E-state index in [1.54, 1.807) is 7.11 Å². The van der Waals surface area contributed by atoms with Crippen LogP contribution in [0.4, 0.5) is 0 Å². The van der Waals surface area contributed by atoms with Gasteiger partial charge in [0.15, 0.2) is 0 Å². The molecule has 1 rings (SSSR count). The molecule has 0 saturated heterocycles. The van der Waals surface area contributed by atoms with Gasteiger partial charge in [-0.3, -0.25) is 11.3 Å². The number of hydrogen-bond acceptors (Lipinski definition) is 3. The van der Waals surface area contributed by atoms with E-state index in [2.05, 4.69) is 43.5 Å². The predicted octanol–water partition coefficient (Wildman–Crippen LogP) is 2.35. The van der Waals surface area contributed by atoms with Gasteiger partial charge in [-0.15, -0.1) is 0 Å². The van der Waals surface area contributed by atoms with Gasteiger partial charge in [-0.05, 0) is 24.0 Å². The maximum atomic E-state index is 5.55. The SMILES string of the molecule is COC(C)C(NN)c1ccc(C(C)C)cc1. The highest BCUT2D eigenvalue weighted by atomic mass is 16.5. The Bertz CT molecular complexity index is 308. The lowest BCUT2D eigenvalue weighted by molar-refractivity contribution is 0.0831. The summed E-state index contributed by atoms with van der Waals surface area (Å²) in [7, 11) is 1.69. The summed E-state index contributed by atoms with van der Waals surface area (Å²) in [6.07, 6.45) is 0.0508. The minimum atomic E-state index is 0.0335. The van der Waals surface area contributed by atoms with Crippen LogP contribution in [0.5, 0.6) is 0 Å². The normalized spacial score (nSPS) is 15.1. The van der Waals surface area contributed by atoms with Crippen LogP contribution in [0.25, 0.3) is 0 Å². The molecule has 16 heavy (non-hydrogen) atoms. The summed E-state index contributed by atoms with van der Waals surface area (Å²) in [5.74, 6) is 6.10. The molecule has 3 heteroatoms. The second-order valence-corrected chi connectivity index (χ2v) is 4.41. The van der Waals surface area contributed by atoms with Crippen LogP contribution >= 0.6 is 0 Å². The summed E-state index contributed by atoms with van der Waals surface area (Å²) < 4.78 is 5.29. The molecule has 0 aliphatic rings. The minimum Gasteiger partial charge on any atom is -0.380 e. The second kappa shape index (κ2) is 5.99. The molecule has 0 spiro atoms. The van der Waals surface area contributed by atoms with Gasteiger partial charge in [0, 0.05) is 7.11 Å². The van der Waals surface area contributed by atoms with Crippen LogP contribution in [0.15, 0.2) is 24.3 Å². The molecule has 0 aliphatic carbocycles. The van der Waals surface area contributed by atoms with Gasteiger partial charge in [0.2, 0.25) is 0 Å². The average Bonchev–Trinajstić information content (AvgIpc) is 2.30. The second-order valence-electron chi connectivity index (χ2n) is 4.41. The Balaban J connectivity index is 2.86. The standard InChI is InChI=1S/C13H22N2O/c1-9(2)11-5-7-12(8-6-11)13(15-14)10(3)16-4/h5-10,13,15H,14H2,1-4H3. The molecule has 2 atom stereocenters. The maximum Gasteiger partial charge on any atom is 0.0750 e. The molecule has 1 aromatic carbocycles. The molecule has 0 radical (unpaired) electrons. The van der Waals surface area contributed by atoms with Crippen molar-refractivity contribution < 1.29 is 4.74 Å². The van der Waals surface area contributed by atoms with E-state index >= 15 is 0 Å². The highest BCUT2D eigenvalue weighted by molar-refractivity contribution is 5.27. The van der Waals surface area contributed by atoms with Crippen molar-refractivity contribution >= 4 is 0 Å². The van der Waals surface area contributed by atoms with Crippen molar-refractivity contribution in [1.82, 2.24) is 5.43 Å². The van der Waals surface area contributed by atoms with Crippen molar-refractivity contribution in [3.8, 4) is 0 Å². The van der Waals surface area contributed by atoms with Gasteiger partial charge >= 0.3 is 0 Å². The smallest absolute Gasteiger partial charge is 0.0750 e. The van der Waals surface area contributed by atoms with E-state index in [0.29, 0.717) is 5.92 Å². The van der Waals surface area contributed by atoms with Gasteiger partial charge in [0.25, 0.3) is 0 Å². The number of ether oxygens (including phenoxy) is 1. The number of benzene rings is 1. The van der Waals surface area contributed by atoms with Gasteiger partial charge in [-0.2, -0.15) is 0 Å². The fourth-order valence-corrected chi connectivity index (χ4v) is 1.73. The third-order valence-corrected chi connectivity index (χ3v) is 2.98. The van der Waals surface area contributed by atoms with Crippen molar-refractivity contribution in [2.24, 2.45) is 5.84 Å². The molecule has 0 amide bonds. The van der Waals surface area contributed by atoms with Crippen LogP contribution in [-0.2, 0) is 4.74 Å². The number of rotatable bonds is 5. The van der Waals surface area contributed by atoms with Crippen molar-refractivity contribution in [2.75, 3.05) is 7.11 Å². The van der Waals surface area contributed by atoms with Crippen LogP contribution in [-0.4, -0.2) is 13.2 Å². The van der Waals surface area contributed by atoms with Crippen molar-refractivity contribution in [2.45, 2.75) is 38.8 Å². The summed E-state index contributed by atoms with van der Waals surface area (Å²) >= 11 is 0. The van der Waals surface area contributed by atoms with E-state index in [-0.39, 0.29) is 12.1 Å². The number of nitrogens with one attached hydrogen (secondary N) is 1. The first-order valence-corrected chi connectivity index (χ1v) is 5.69. The van der Waals surface area contributed by atoms with E-state index < -0.39 is 0 Å². The van der Waals surface area contributed by atoms with Crippen LogP contribution in [0.3, 0.4) is 0 Å². The Hall–Kier alpha value is -0.900. The summed E-state index contributed by atoms with van der Waals surface area (Å²) in [6.45, 7) is 6.37. The van der Waals surface area contributed by atoms with Crippen LogP contribution in [0, 0.1) is 0 Å². The number of hydrogen-bond donors (Lipinski definition) is 2. The number of hydrazine groups is 1. The highest BCUT2D eigenvalue weighted by Gasteiger charge is 2.17. The molecule has 0 aliphatic heterocycles. The Morgan fingerprint density at radius 2 is 1.56 bits per heavy atom. The van der Waals surface area contributed by atoms with E-state index in [9.17, 15) is 0 Å². The molecule has 90 valence electrons. The van der Waals surface area contributed by atoms with Crippen LogP contribution < -0.4 is 11.3 Å². The molecule has 0 saturated carbocycles. The highest BCUT2D eigenvalue weighted by Crippen LogP contribution is 2.21. The van der Waals surface area contributed by atoms with Gasteiger partial charge in [-0.1, -0.05) is 38.1 Å². The Labute approximate surface area is 98.0 Å². The van der Waals surface area contributed by atoms with Crippen LogP contribution in [0.1, 0.15) is 43.9 Å². The third kappa shape index (κ3) is 3.04.